The van der Waals surface area contributed by atoms with Gasteiger partial charge >= 0.3 is 0 Å². The first-order valence-corrected chi connectivity index (χ1v) is 6.18. The molecule has 1 aromatic rings. The van der Waals surface area contributed by atoms with E-state index in [2.05, 4.69) is 12.2 Å². The van der Waals surface area contributed by atoms with Crippen LogP contribution in [0.4, 0.5) is 4.39 Å². The predicted molar refractivity (Wildman–Crippen MR) is 65.4 cm³/mol. The largest absolute Gasteiger partial charge is 0.308 e. The zero-order chi connectivity index (χ0) is 11.8. The quantitative estimate of drug-likeness (QED) is 0.834. The Bertz CT molecular complexity index is 397. The topological polar surface area (TPSA) is 12.0 Å². The minimum absolute atomic E-state index is 0.0404. The maximum atomic E-state index is 13.6. The van der Waals surface area contributed by atoms with E-state index in [4.69, 9.17) is 11.6 Å². The van der Waals surface area contributed by atoms with Gasteiger partial charge < -0.3 is 5.32 Å². The molecule has 1 atom stereocenters. The van der Waals surface area contributed by atoms with Gasteiger partial charge in [0.25, 0.3) is 0 Å². The highest BCUT2D eigenvalue weighted by atomic mass is 35.5. The summed E-state index contributed by atoms with van der Waals surface area (Å²) in [6.45, 7) is 5.12. The van der Waals surface area contributed by atoms with Gasteiger partial charge in [-0.2, -0.15) is 0 Å². The van der Waals surface area contributed by atoms with Gasteiger partial charge in [-0.05, 0) is 49.9 Å². The van der Waals surface area contributed by atoms with Crippen LogP contribution < -0.4 is 5.32 Å². The first kappa shape index (κ1) is 11.9. The van der Waals surface area contributed by atoms with E-state index in [0.29, 0.717) is 12.0 Å². The Morgan fingerprint density at radius 1 is 1.50 bits per heavy atom. The van der Waals surface area contributed by atoms with Crippen LogP contribution >= 0.6 is 11.6 Å². The van der Waals surface area contributed by atoms with Crippen molar-refractivity contribution >= 4 is 11.6 Å². The highest BCUT2D eigenvalue weighted by Gasteiger charge is 2.30. The average Bonchev–Trinajstić information content (AvgIpc) is 2.70. The van der Waals surface area contributed by atoms with Crippen LogP contribution in [0.15, 0.2) is 12.1 Å². The van der Waals surface area contributed by atoms with Gasteiger partial charge in [-0.15, -0.1) is 0 Å². The van der Waals surface area contributed by atoms with Gasteiger partial charge in [0.15, 0.2) is 0 Å². The lowest BCUT2D eigenvalue weighted by Crippen LogP contribution is -2.33. The summed E-state index contributed by atoms with van der Waals surface area (Å²) in [6, 6.07) is 3.70. The third-order valence-electron chi connectivity index (χ3n) is 3.49. The van der Waals surface area contributed by atoms with E-state index in [1.165, 1.54) is 0 Å². The summed E-state index contributed by atoms with van der Waals surface area (Å²) in [6.07, 6.45) is 2.92. The van der Waals surface area contributed by atoms with E-state index in [1.807, 2.05) is 13.0 Å². The van der Waals surface area contributed by atoms with Crippen LogP contribution in [0.1, 0.15) is 37.8 Å². The molecule has 1 unspecified atom stereocenters. The second kappa shape index (κ2) is 4.34. The highest BCUT2D eigenvalue weighted by molar-refractivity contribution is 6.30. The summed E-state index contributed by atoms with van der Waals surface area (Å²) < 4.78 is 13.6. The SMILES string of the molecule is CCc1cc(C2(C)CCCN2)cc(Cl)c1F. The molecule has 1 aliphatic heterocycles. The first-order chi connectivity index (χ1) is 7.57. The van der Waals surface area contributed by atoms with Crippen molar-refractivity contribution in [2.24, 2.45) is 0 Å². The smallest absolute Gasteiger partial charge is 0.144 e. The van der Waals surface area contributed by atoms with E-state index in [-0.39, 0.29) is 16.4 Å². The van der Waals surface area contributed by atoms with Crippen LogP contribution in [0.25, 0.3) is 0 Å². The number of benzene rings is 1. The van der Waals surface area contributed by atoms with Crippen molar-refractivity contribution in [3.05, 3.63) is 34.1 Å². The van der Waals surface area contributed by atoms with Crippen LogP contribution in [0.5, 0.6) is 0 Å². The zero-order valence-electron chi connectivity index (χ0n) is 9.74. The molecule has 1 nitrogen and oxygen atoms in total. The van der Waals surface area contributed by atoms with Crippen LogP contribution in [0.3, 0.4) is 0 Å². The molecule has 2 rings (SSSR count). The molecule has 1 heterocycles. The minimum atomic E-state index is -0.269. The summed E-state index contributed by atoms with van der Waals surface area (Å²) in [5.41, 5.74) is 1.77. The van der Waals surface area contributed by atoms with Crippen molar-refractivity contribution in [1.82, 2.24) is 5.32 Å². The molecule has 1 aliphatic rings. The first-order valence-electron chi connectivity index (χ1n) is 5.80. The molecule has 0 spiro atoms. The fourth-order valence-corrected chi connectivity index (χ4v) is 2.60. The van der Waals surface area contributed by atoms with Gasteiger partial charge in [-0.3, -0.25) is 0 Å². The number of halogens is 2. The molecule has 1 N–H and O–H groups in total. The Balaban J connectivity index is 2.45. The second-order valence-electron chi connectivity index (χ2n) is 4.65. The standard InChI is InChI=1S/C13H17ClFN/c1-3-9-7-10(8-11(14)12(9)15)13(2)5-4-6-16-13/h7-8,16H,3-6H2,1-2H3. The van der Waals surface area contributed by atoms with Crippen LogP contribution in [0, 0.1) is 5.82 Å². The molecule has 1 saturated heterocycles. The summed E-state index contributed by atoms with van der Waals surface area (Å²) in [5, 5.41) is 3.71. The number of rotatable bonds is 2. The molecular formula is C13H17ClFN. The molecule has 0 bridgehead atoms. The van der Waals surface area contributed by atoms with Crippen LogP contribution in [-0.2, 0) is 12.0 Å². The normalized spacial score (nSPS) is 25.0. The Morgan fingerprint density at radius 2 is 2.25 bits per heavy atom. The lowest BCUT2D eigenvalue weighted by molar-refractivity contribution is 0.433. The number of aryl methyl sites for hydroxylation is 1. The van der Waals surface area contributed by atoms with Gasteiger partial charge in [0.1, 0.15) is 5.82 Å². The molecular weight excluding hydrogens is 225 g/mol. The highest BCUT2D eigenvalue weighted by Crippen LogP contribution is 2.33. The van der Waals surface area contributed by atoms with Crippen molar-refractivity contribution in [1.29, 1.82) is 0 Å². The molecule has 0 saturated carbocycles. The lowest BCUT2D eigenvalue weighted by atomic mass is 9.89. The van der Waals surface area contributed by atoms with Crippen LogP contribution in [0.2, 0.25) is 5.02 Å². The second-order valence-corrected chi connectivity index (χ2v) is 5.05. The van der Waals surface area contributed by atoms with Crippen molar-refractivity contribution in [2.75, 3.05) is 6.54 Å². The van der Waals surface area contributed by atoms with Crippen LogP contribution in [-0.4, -0.2) is 6.54 Å². The maximum Gasteiger partial charge on any atom is 0.144 e. The van der Waals surface area contributed by atoms with Gasteiger partial charge in [-0.1, -0.05) is 24.6 Å². The molecule has 3 heteroatoms. The molecule has 0 aliphatic carbocycles. The fraction of sp³-hybridized carbons (Fsp3) is 0.538. The molecule has 16 heavy (non-hydrogen) atoms. The number of hydrogen-bond donors (Lipinski definition) is 1. The summed E-state index contributed by atoms with van der Waals surface area (Å²) >= 11 is 5.94. The van der Waals surface area contributed by atoms with E-state index in [0.717, 1.165) is 24.9 Å². The molecule has 0 aromatic heterocycles. The Hall–Kier alpha value is -0.600. The molecule has 88 valence electrons. The number of hydrogen-bond acceptors (Lipinski definition) is 1. The Labute approximate surface area is 101 Å². The monoisotopic (exact) mass is 241 g/mol. The maximum absolute atomic E-state index is 13.6. The van der Waals surface area contributed by atoms with Gasteiger partial charge in [-0.25, -0.2) is 4.39 Å². The molecule has 1 fully saturated rings. The molecule has 0 radical (unpaired) electrons. The van der Waals surface area contributed by atoms with E-state index in [9.17, 15) is 4.39 Å². The van der Waals surface area contributed by atoms with E-state index < -0.39 is 0 Å². The zero-order valence-corrected chi connectivity index (χ0v) is 10.5. The Morgan fingerprint density at radius 3 is 2.81 bits per heavy atom. The molecule has 0 amide bonds. The molecule has 1 aromatic carbocycles. The lowest BCUT2D eigenvalue weighted by Gasteiger charge is -2.26. The Kier molecular flexibility index (Phi) is 3.22. The van der Waals surface area contributed by atoms with Crippen molar-refractivity contribution in [3.8, 4) is 0 Å². The summed E-state index contributed by atoms with van der Waals surface area (Å²) in [5.74, 6) is -0.269. The van der Waals surface area contributed by atoms with Gasteiger partial charge in [0.05, 0.1) is 5.02 Å². The van der Waals surface area contributed by atoms with Gasteiger partial charge in [0.2, 0.25) is 0 Å². The van der Waals surface area contributed by atoms with Crippen molar-refractivity contribution in [3.63, 3.8) is 0 Å². The van der Waals surface area contributed by atoms with E-state index in [1.54, 1.807) is 6.07 Å². The summed E-state index contributed by atoms with van der Waals surface area (Å²) in [4.78, 5) is 0. The predicted octanol–water partition coefficient (Wildman–Crippen LogP) is 3.64. The van der Waals surface area contributed by atoms with E-state index >= 15 is 0 Å². The summed E-state index contributed by atoms with van der Waals surface area (Å²) in [7, 11) is 0. The number of nitrogens with one attached hydrogen (secondary N) is 1. The fourth-order valence-electron chi connectivity index (χ4n) is 2.36. The van der Waals surface area contributed by atoms with Crippen molar-refractivity contribution < 1.29 is 4.39 Å². The van der Waals surface area contributed by atoms with Crippen molar-refractivity contribution in [2.45, 2.75) is 38.6 Å². The average molecular weight is 242 g/mol. The van der Waals surface area contributed by atoms with Gasteiger partial charge in [0, 0.05) is 5.54 Å². The third-order valence-corrected chi connectivity index (χ3v) is 3.77. The third kappa shape index (κ3) is 1.96. The minimum Gasteiger partial charge on any atom is -0.308 e.